The Bertz CT molecular complexity index is 803. The Balaban J connectivity index is 1.99. The summed E-state index contributed by atoms with van der Waals surface area (Å²) >= 11 is 0. The molecule has 0 saturated carbocycles. The monoisotopic (exact) mass is 355 g/mol. The highest BCUT2D eigenvalue weighted by molar-refractivity contribution is 5.98. The van der Waals surface area contributed by atoms with E-state index in [1.165, 1.54) is 13.0 Å². The minimum atomic E-state index is -0.932. The van der Waals surface area contributed by atoms with Gasteiger partial charge in [-0.2, -0.15) is 0 Å². The highest BCUT2D eigenvalue weighted by Crippen LogP contribution is 2.15. The molecule has 0 fully saturated rings. The van der Waals surface area contributed by atoms with Crippen molar-refractivity contribution in [3.8, 4) is 0 Å². The summed E-state index contributed by atoms with van der Waals surface area (Å²) in [6, 6.07) is 13.0. The van der Waals surface area contributed by atoms with Crippen LogP contribution < -0.4 is 16.4 Å². The van der Waals surface area contributed by atoms with E-state index in [-0.39, 0.29) is 11.5 Å². The summed E-state index contributed by atoms with van der Waals surface area (Å²) < 4.78 is 5.29. The standard InChI is InChI=1S/C19H21N3O4/c1-3-17(26-19(25)13-5-4-6-14(20)11-13)18(24)22-16-9-7-15(8-10-16)21-12(2)23/h4-11,17H,3,20H2,1-2H3,(H,21,23)(H,22,24). The van der Waals surface area contributed by atoms with Crippen LogP contribution >= 0.6 is 0 Å². The van der Waals surface area contributed by atoms with Gasteiger partial charge in [-0.3, -0.25) is 9.59 Å². The topological polar surface area (TPSA) is 111 Å². The van der Waals surface area contributed by atoms with Crippen LogP contribution in [-0.4, -0.2) is 23.9 Å². The number of rotatable bonds is 6. The lowest BCUT2D eigenvalue weighted by molar-refractivity contribution is -0.124. The summed E-state index contributed by atoms with van der Waals surface area (Å²) in [4.78, 5) is 35.5. The van der Waals surface area contributed by atoms with Gasteiger partial charge in [0.05, 0.1) is 5.56 Å². The molecule has 2 amide bonds. The number of esters is 1. The summed E-state index contributed by atoms with van der Waals surface area (Å²) in [6.07, 6.45) is -0.608. The average molecular weight is 355 g/mol. The fourth-order valence-electron chi connectivity index (χ4n) is 2.25. The molecule has 7 nitrogen and oxygen atoms in total. The molecule has 0 aliphatic rings. The van der Waals surface area contributed by atoms with Gasteiger partial charge in [0, 0.05) is 24.0 Å². The molecule has 0 saturated heterocycles. The zero-order valence-corrected chi connectivity index (χ0v) is 14.6. The first-order valence-corrected chi connectivity index (χ1v) is 8.14. The van der Waals surface area contributed by atoms with Gasteiger partial charge >= 0.3 is 5.97 Å². The van der Waals surface area contributed by atoms with Gasteiger partial charge in [0.15, 0.2) is 6.10 Å². The van der Waals surface area contributed by atoms with E-state index in [4.69, 9.17) is 10.5 Å². The summed E-state index contributed by atoms with van der Waals surface area (Å²) in [6.45, 7) is 3.16. The Labute approximate surface area is 151 Å². The van der Waals surface area contributed by atoms with Gasteiger partial charge in [-0.15, -0.1) is 0 Å². The van der Waals surface area contributed by atoms with Crippen molar-refractivity contribution in [2.45, 2.75) is 26.4 Å². The first-order chi connectivity index (χ1) is 12.4. The number of carbonyl (C=O) groups excluding carboxylic acids is 3. The average Bonchev–Trinajstić information content (AvgIpc) is 2.60. The number of benzene rings is 2. The Morgan fingerprint density at radius 1 is 1.04 bits per heavy atom. The molecule has 2 rings (SSSR count). The van der Waals surface area contributed by atoms with E-state index < -0.39 is 18.0 Å². The van der Waals surface area contributed by atoms with Crippen molar-refractivity contribution in [2.24, 2.45) is 0 Å². The van der Waals surface area contributed by atoms with Crippen LogP contribution in [0, 0.1) is 0 Å². The molecule has 1 unspecified atom stereocenters. The second kappa shape index (κ2) is 8.66. The van der Waals surface area contributed by atoms with Gasteiger partial charge < -0.3 is 21.1 Å². The molecule has 0 radical (unpaired) electrons. The molecule has 0 bridgehead atoms. The predicted octanol–water partition coefficient (Wildman–Crippen LogP) is 2.80. The Hall–Kier alpha value is -3.35. The van der Waals surface area contributed by atoms with Gasteiger partial charge in [0.2, 0.25) is 5.91 Å². The number of hydrogen-bond donors (Lipinski definition) is 3. The molecule has 4 N–H and O–H groups in total. The van der Waals surface area contributed by atoms with Crippen LogP contribution in [0.15, 0.2) is 48.5 Å². The van der Waals surface area contributed by atoms with Gasteiger partial charge in [0.1, 0.15) is 0 Å². The highest BCUT2D eigenvalue weighted by atomic mass is 16.5. The summed E-state index contributed by atoms with van der Waals surface area (Å²) in [5.41, 5.74) is 7.53. The van der Waals surface area contributed by atoms with E-state index in [0.29, 0.717) is 23.5 Å². The number of hydrogen-bond acceptors (Lipinski definition) is 5. The van der Waals surface area contributed by atoms with Crippen LogP contribution in [0.4, 0.5) is 17.1 Å². The van der Waals surface area contributed by atoms with Gasteiger partial charge in [-0.05, 0) is 48.9 Å². The molecule has 1 atom stereocenters. The van der Waals surface area contributed by atoms with Crippen LogP contribution in [-0.2, 0) is 14.3 Å². The minimum absolute atomic E-state index is 0.179. The van der Waals surface area contributed by atoms with Gasteiger partial charge in [-0.1, -0.05) is 13.0 Å². The number of nitrogen functional groups attached to an aromatic ring is 1. The van der Waals surface area contributed by atoms with Gasteiger partial charge in [-0.25, -0.2) is 4.79 Å². The molecular formula is C19H21N3O4. The van der Waals surface area contributed by atoms with Crippen molar-refractivity contribution in [1.82, 2.24) is 0 Å². The van der Waals surface area contributed by atoms with E-state index in [1.807, 2.05) is 0 Å². The second-order valence-corrected chi connectivity index (χ2v) is 5.68. The molecule has 2 aromatic rings. The van der Waals surface area contributed by atoms with Crippen molar-refractivity contribution in [2.75, 3.05) is 16.4 Å². The zero-order chi connectivity index (χ0) is 19.1. The molecule has 0 aromatic heterocycles. The number of anilines is 3. The fraction of sp³-hybridized carbons (Fsp3) is 0.211. The van der Waals surface area contributed by atoms with E-state index in [2.05, 4.69) is 10.6 Å². The summed E-state index contributed by atoms with van der Waals surface area (Å²) in [5, 5.41) is 5.32. The smallest absolute Gasteiger partial charge is 0.338 e. The van der Waals surface area contributed by atoms with Crippen molar-refractivity contribution < 1.29 is 19.1 Å². The molecular weight excluding hydrogens is 334 g/mol. The maximum absolute atomic E-state index is 12.4. The summed E-state index contributed by atoms with van der Waals surface area (Å²) in [7, 11) is 0. The molecule has 0 aliphatic carbocycles. The maximum atomic E-state index is 12.4. The second-order valence-electron chi connectivity index (χ2n) is 5.68. The first-order valence-electron chi connectivity index (χ1n) is 8.14. The van der Waals surface area contributed by atoms with Crippen molar-refractivity contribution in [3.63, 3.8) is 0 Å². The van der Waals surface area contributed by atoms with E-state index >= 15 is 0 Å². The Morgan fingerprint density at radius 2 is 1.65 bits per heavy atom. The third-order valence-electron chi connectivity index (χ3n) is 3.51. The lowest BCUT2D eigenvalue weighted by atomic mass is 10.2. The molecule has 0 aliphatic heterocycles. The zero-order valence-electron chi connectivity index (χ0n) is 14.6. The van der Waals surface area contributed by atoms with Crippen LogP contribution in [0.5, 0.6) is 0 Å². The SMILES string of the molecule is CCC(OC(=O)c1cccc(N)c1)C(=O)Nc1ccc(NC(C)=O)cc1. The third-order valence-corrected chi connectivity index (χ3v) is 3.51. The minimum Gasteiger partial charge on any atom is -0.449 e. The summed E-state index contributed by atoms with van der Waals surface area (Å²) in [5.74, 6) is -1.22. The first kappa shape index (κ1) is 19.0. The van der Waals surface area contributed by atoms with E-state index in [9.17, 15) is 14.4 Å². The fourth-order valence-corrected chi connectivity index (χ4v) is 2.25. The van der Waals surface area contributed by atoms with Crippen LogP contribution in [0.3, 0.4) is 0 Å². The van der Waals surface area contributed by atoms with Crippen molar-refractivity contribution >= 4 is 34.8 Å². The van der Waals surface area contributed by atoms with Crippen molar-refractivity contribution in [3.05, 3.63) is 54.1 Å². The van der Waals surface area contributed by atoms with E-state index in [0.717, 1.165) is 0 Å². The van der Waals surface area contributed by atoms with Crippen molar-refractivity contribution in [1.29, 1.82) is 0 Å². The lowest BCUT2D eigenvalue weighted by Crippen LogP contribution is -2.32. The number of nitrogens with one attached hydrogen (secondary N) is 2. The molecule has 7 heteroatoms. The molecule has 2 aromatic carbocycles. The maximum Gasteiger partial charge on any atom is 0.338 e. The molecule has 0 heterocycles. The van der Waals surface area contributed by atoms with Crippen LogP contribution in [0.2, 0.25) is 0 Å². The van der Waals surface area contributed by atoms with Gasteiger partial charge in [0.25, 0.3) is 5.91 Å². The molecule has 26 heavy (non-hydrogen) atoms. The highest BCUT2D eigenvalue weighted by Gasteiger charge is 2.22. The third kappa shape index (κ3) is 5.34. The Morgan fingerprint density at radius 3 is 2.19 bits per heavy atom. The number of nitrogens with two attached hydrogens (primary N) is 1. The predicted molar refractivity (Wildman–Crippen MR) is 99.7 cm³/mol. The van der Waals surface area contributed by atoms with Crippen LogP contribution in [0.25, 0.3) is 0 Å². The number of carbonyl (C=O) groups is 3. The lowest BCUT2D eigenvalue weighted by Gasteiger charge is -2.16. The number of amides is 2. The Kier molecular flexibility index (Phi) is 6.32. The number of ether oxygens (including phenoxy) is 1. The molecule has 136 valence electrons. The largest absolute Gasteiger partial charge is 0.449 e. The quantitative estimate of drug-likeness (QED) is 0.545. The molecule has 0 spiro atoms. The van der Waals surface area contributed by atoms with E-state index in [1.54, 1.807) is 49.4 Å². The normalized spacial score (nSPS) is 11.3. The van der Waals surface area contributed by atoms with Crippen LogP contribution in [0.1, 0.15) is 30.6 Å².